The van der Waals surface area contributed by atoms with Crippen molar-refractivity contribution in [1.29, 1.82) is 0 Å². The fraction of sp³-hybridized carbons (Fsp3) is 1.00. The van der Waals surface area contributed by atoms with Crippen molar-refractivity contribution < 1.29 is 0 Å². The van der Waals surface area contributed by atoms with Crippen molar-refractivity contribution in [2.75, 3.05) is 19.6 Å². The van der Waals surface area contributed by atoms with Crippen LogP contribution in [0.4, 0.5) is 0 Å². The highest BCUT2D eigenvalue weighted by Crippen LogP contribution is 2.27. The molecule has 1 heterocycles. The predicted octanol–water partition coefficient (Wildman–Crippen LogP) is 2.24. The van der Waals surface area contributed by atoms with Gasteiger partial charge < -0.3 is 10.6 Å². The Hall–Kier alpha value is -0.0800. The molecule has 1 aliphatic rings. The first-order valence-electron chi connectivity index (χ1n) is 6.01. The lowest BCUT2D eigenvalue weighted by atomic mass is 9.86. The molecule has 0 aromatic rings. The van der Waals surface area contributed by atoms with Gasteiger partial charge in [-0.05, 0) is 37.8 Å². The maximum absolute atomic E-state index is 6.07. The van der Waals surface area contributed by atoms with Gasteiger partial charge in [0.25, 0.3) is 0 Å². The first-order chi connectivity index (χ1) is 6.53. The highest BCUT2D eigenvalue weighted by Gasteiger charge is 2.27. The van der Waals surface area contributed by atoms with E-state index >= 15 is 0 Å². The van der Waals surface area contributed by atoms with Gasteiger partial charge in [0.2, 0.25) is 0 Å². The molecule has 2 nitrogen and oxygen atoms in total. The normalized spacial score (nSPS) is 28.7. The molecule has 2 heteroatoms. The second kappa shape index (κ2) is 5.13. The van der Waals surface area contributed by atoms with Crippen LogP contribution < -0.4 is 5.73 Å². The van der Waals surface area contributed by atoms with E-state index in [4.69, 9.17) is 5.73 Å². The third-order valence-electron chi connectivity index (χ3n) is 3.11. The van der Waals surface area contributed by atoms with E-state index in [1.54, 1.807) is 0 Å². The van der Waals surface area contributed by atoms with Crippen molar-refractivity contribution >= 4 is 0 Å². The fourth-order valence-corrected chi connectivity index (χ4v) is 2.48. The number of hydrogen-bond acceptors (Lipinski definition) is 2. The zero-order chi connectivity index (χ0) is 10.6. The average molecular weight is 198 g/mol. The summed E-state index contributed by atoms with van der Waals surface area (Å²) < 4.78 is 0. The van der Waals surface area contributed by atoms with Crippen LogP contribution in [0, 0.1) is 5.41 Å². The molecule has 0 spiro atoms. The van der Waals surface area contributed by atoms with Gasteiger partial charge in [-0.2, -0.15) is 0 Å². The molecule has 84 valence electrons. The van der Waals surface area contributed by atoms with Crippen molar-refractivity contribution in [3.05, 3.63) is 0 Å². The Labute approximate surface area is 88.8 Å². The van der Waals surface area contributed by atoms with Gasteiger partial charge in [-0.3, -0.25) is 0 Å². The average Bonchev–Trinajstić information content (AvgIpc) is 2.20. The number of unbranched alkanes of at least 4 members (excludes halogenated alkanes) is 1. The van der Waals surface area contributed by atoms with Crippen molar-refractivity contribution in [3.63, 3.8) is 0 Å². The van der Waals surface area contributed by atoms with Crippen LogP contribution in [0.15, 0.2) is 0 Å². The zero-order valence-electron chi connectivity index (χ0n) is 10.1. The van der Waals surface area contributed by atoms with Crippen molar-refractivity contribution in [2.24, 2.45) is 11.1 Å². The fourth-order valence-electron chi connectivity index (χ4n) is 2.48. The van der Waals surface area contributed by atoms with Crippen molar-refractivity contribution in [2.45, 2.75) is 52.5 Å². The molecule has 0 amide bonds. The van der Waals surface area contributed by atoms with Gasteiger partial charge in [-0.25, -0.2) is 0 Å². The minimum atomic E-state index is 0.406. The van der Waals surface area contributed by atoms with Crippen LogP contribution in [0.3, 0.4) is 0 Å². The molecule has 0 radical (unpaired) electrons. The van der Waals surface area contributed by atoms with Crippen LogP contribution in [0.2, 0.25) is 0 Å². The standard InChI is InChI=1S/C12H26N2/c1-4-5-7-14-8-6-11(13)9-12(2,3)10-14/h11H,4-10,13H2,1-3H3. The van der Waals surface area contributed by atoms with E-state index in [9.17, 15) is 0 Å². The second-order valence-corrected chi connectivity index (χ2v) is 5.55. The van der Waals surface area contributed by atoms with Gasteiger partial charge >= 0.3 is 0 Å². The van der Waals surface area contributed by atoms with Gasteiger partial charge in [0.05, 0.1) is 0 Å². The molecule has 0 aliphatic carbocycles. The van der Waals surface area contributed by atoms with Gasteiger partial charge in [0.1, 0.15) is 0 Å². The SMILES string of the molecule is CCCCN1CCC(N)CC(C)(C)C1. The molecule has 0 bridgehead atoms. The van der Waals surface area contributed by atoms with Crippen LogP contribution in [0.5, 0.6) is 0 Å². The largest absolute Gasteiger partial charge is 0.328 e. The second-order valence-electron chi connectivity index (χ2n) is 5.55. The molecule has 0 saturated carbocycles. The van der Waals surface area contributed by atoms with Gasteiger partial charge in [-0.15, -0.1) is 0 Å². The summed E-state index contributed by atoms with van der Waals surface area (Å²) in [6, 6.07) is 0.414. The van der Waals surface area contributed by atoms with Crippen LogP contribution in [0.25, 0.3) is 0 Å². The molecule has 1 fully saturated rings. The van der Waals surface area contributed by atoms with Crippen LogP contribution in [-0.4, -0.2) is 30.6 Å². The van der Waals surface area contributed by atoms with E-state index in [2.05, 4.69) is 25.7 Å². The molecular formula is C12H26N2. The van der Waals surface area contributed by atoms with Crippen molar-refractivity contribution in [1.82, 2.24) is 4.90 Å². The third kappa shape index (κ3) is 3.97. The van der Waals surface area contributed by atoms with E-state index in [1.165, 1.54) is 45.3 Å². The Balaban J connectivity index is 2.45. The lowest BCUT2D eigenvalue weighted by Crippen LogP contribution is -2.33. The molecule has 1 aliphatic heterocycles. The number of nitrogens with two attached hydrogens (primary N) is 1. The molecule has 1 unspecified atom stereocenters. The summed E-state index contributed by atoms with van der Waals surface area (Å²) in [7, 11) is 0. The first kappa shape index (κ1) is 12.0. The number of likely N-dealkylation sites (tertiary alicyclic amines) is 1. The maximum atomic E-state index is 6.07. The molecule has 1 atom stereocenters. The van der Waals surface area contributed by atoms with Gasteiger partial charge in [0.15, 0.2) is 0 Å². The lowest BCUT2D eigenvalue weighted by molar-refractivity contribution is 0.192. The Morgan fingerprint density at radius 2 is 2.14 bits per heavy atom. The Kier molecular flexibility index (Phi) is 4.39. The minimum Gasteiger partial charge on any atom is -0.328 e. The third-order valence-corrected chi connectivity index (χ3v) is 3.11. The molecule has 0 aromatic heterocycles. The molecule has 1 rings (SSSR count). The van der Waals surface area contributed by atoms with Crippen LogP contribution in [0.1, 0.15) is 46.5 Å². The molecule has 14 heavy (non-hydrogen) atoms. The minimum absolute atomic E-state index is 0.406. The van der Waals surface area contributed by atoms with Crippen LogP contribution >= 0.6 is 0 Å². The van der Waals surface area contributed by atoms with E-state index in [1.807, 2.05) is 0 Å². The summed E-state index contributed by atoms with van der Waals surface area (Å²) in [5, 5.41) is 0. The molecular weight excluding hydrogens is 172 g/mol. The highest BCUT2D eigenvalue weighted by molar-refractivity contribution is 4.83. The quantitative estimate of drug-likeness (QED) is 0.753. The maximum Gasteiger partial charge on any atom is 0.00565 e. The van der Waals surface area contributed by atoms with E-state index in [0.29, 0.717) is 11.5 Å². The van der Waals surface area contributed by atoms with Gasteiger partial charge in [0, 0.05) is 12.6 Å². The molecule has 0 aromatic carbocycles. The zero-order valence-corrected chi connectivity index (χ0v) is 10.1. The van der Waals surface area contributed by atoms with E-state index in [-0.39, 0.29) is 0 Å². The first-order valence-corrected chi connectivity index (χ1v) is 6.01. The number of nitrogens with zero attached hydrogens (tertiary/aromatic N) is 1. The Morgan fingerprint density at radius 1 is 1.43 bits per heavy atom. The summed E-state index contributed by atoms with van der Waals surface area (Å²) in [6.45, 7) is 10.6. The number of rotatable bonds is 3. The Morgan fingerprint density at radius 3 is 2.79 bits per heavy atom. The summed E-state index contributed by atoms with van der Waals surface area (Å²) >= 11 is 0. The number of hydrogen-bond donors (Lipinski definition) is 1. The monoisotopic (exact) mass is 198 g/mol. The topological polar surface area (TPSA) is 29.3 Å². The summed E-state index contributed by atoms with van der Waals surface area (Å²) in [4.78, 5) is 2.59. The van der Waals surface area contributed by atoms with E-state index in [0.717, 1.165) is 0 Å². The molecule has 2 N–H and O–H groups in total. The van der Waals surface area contributed by atoms with Crippen LogP contribution in [-0.2, 0) is 0 Å². The smallest absolute Gasteiger partial charge is 0.00565 e. The lowest BCUT2D eigenvalue weighted by Gasteiger charge is -2.29. The summed E-state index contributed by atoms with van der Waals surface area (Å²) in [5.41, 5.74) is 6.48. The van der Waals surface area contributed by atoms with Gasteiger partial charge in [-0.1, -0.05) is 27.2 Å². The van der Waals surface area contributed by atoms with E-state index < -0.39 is 0 Å². The molecule has 1 saturated heterocycles. The summed E-state index contributed by atoms with van der Waals surface area (Å²) in [5.74, 6) is 0. The highest BCUT2D eigenvalue weighted by atomic mass is 15.1. The summed E-state index contributed by atoms with van der Waals surface area (Å²) in [6.07, 6.45) is 4.97. The Bertz CT molecular complexity index is 166. The predicted molar refractivity (Wildman–Crippen MR) is 62.3 cm³/mol. The van der Waals surface area contributed by atoms with Crippen molar-refractivity contribution in [3.8, 4) is 0 Å².